The highest BCUT2D eigenvalue weighted by Crippen LogP contribution is 2.37. The van der Waals surface area contributed by atoms with Crippen molar-refractivity contribution in [2.75, 3.05) is 0 Å². The number of rotatable bonds is 4. The van der Waals surface area contributed by atoms with E-state index >= 15 is 0 Å². The Morgan fingerprint density at radius 3 is 3.08 bits per heavy atom. The first-order chi connectivity index (χ1) is 6.31. The van der Waals surface area contributed by atoms with Gasteiger partial charge in [-0.15, -0.1) is 0 Å². The lowest BCUT2D eigenvalue weighted by Crippen LogP contribution is -2.06. The highest BCUT2D eigenvalue weighted by Gasteiger charge is 2.26. The average molecular weight is 180 g/mol. The summed E-state index contributed by atoms with van der Waals surface area (Å²) in [5, 5.41) is 9.87. The summed E-state index contributed by atoms with van der Waals surface area (Å²) in [6.07, 6.45) is 6.73. The van der Waals surface area contributed by atoms with Gasteiger partial charge in [0.1, 0.15) is 0 Å². The largest absolute Gasteiger partial charge is 0.387 e. The second-order valence-electron chi connectivity index (χ2n) is 3.80. The molecule has 1 N–H and O–H groups in total. The van der Waals surface area contributed by atoms with Crippen molar-refractivity contribution >= 4 is 0 Å². The number of nitrogens with zero attached hydrogens (tertiary/aromatic N) is 2. The van der Waals surface area contributed by atoms with Crippen molar-refractivity contribution in [3.05, 3.63) is 18.2 Å². The summed E-state index contributed by atoms with van der Waals surface area (Å²) in [6, 6.07) is 0. The lowest BCUT2D eigenvalue weighted by molar-refractivity contribution is 0.151. The molecule has 3 heteroatoms. The van der Waals surface area contributed by atoms with Gasteiger partial charge in [0.15, 0.2) is 0 Å². The fourth-order valence-corrected chi connectivity index (χ4v) is 1.66. The maximum absolute atomic E-state index is 9.87. The fourth-order valence-electron chi connectivity index (χ4n) is 1.66. The van der Waals surface area contributed by atoms with E-state index in [9.17, 15) is 5.11 Å². The van der Waals surface area contributed by atoms with E-state index in [2.05, 4.69) is 11.9 Å². The van der Waals surface area contributed by atoms with Crippen LogP contribution in [-0.4, -0.2) is 14.7 Å². The molecule has 0 saturated heterocycles. The summed E-state index contributed by atoms with van der Waals surface area (Å²) in [6.45, 7) is 2.95. The van der Waals surface area contributed by atoms with Crippen LogP contribution in [0.25, 0.3) is 0 Å². The first-order valence-corrected chi connectivity index (χ1v) is 4.99. The molecule has 0 amide bonds. The van der Waals surface area contributed by atoms with Crippen molar-refractivity contribution < 1.29 is 5.11 Å². The molecule has 0 spiro atoms. The molecule has 2 rings (SSSR count). The summed E-state index contributed by atoms with van der Waals surface area (Å²) in [4.78, 5) is 4.04. The first kappa shape index (κ1) is 8.75. The average Bonchev–Trinajstić information content (AvgIpc) is 2.82. The predicted molar refractivity (Wildman–Crippen MR) is 50.2 cm³/mol. The molecule has 0 bridgehead atoms. The number of aryl methyl sites for hydroxylation is 1. The first-order valence-electron chi connectivity index (χ1n) is 4.99. The van der Waals surface area contributed by atoms with Crippen LogP contribution in [0.1, 0.15) is 38.0 Å². The Morgan fingerprint density at radius 2 is 2.46 bits per heavy atom. The molecule has 0 aromatic carbocycles. The SMILES string of the molecule is CCn1cncc1C(O)CC1CC1. The van der Waals surface area contributed by atoms with Crippen molar-refractivity contribution in [1.82, 2.24) is 9.55 Å². The van der Waals surface area contributed by atoms with Crippen LogP contribution >= 0.6 is 0 Å². The zero-order valence-corrected chi connectivity index (χ0v) is 7.98. The van der Waals surface area contributed by atoms with Gasteiger partial charge >= 0.3 is 0 Å². The molecule has 1 aliphatic carbocycles. The Morgan fingerprint density at radius 1 is 1.69 bits per heavy atom. The number of hydrogen-bond donors (Lipinski definition) is 1. The Bertz CT molecular complexity index is 278. The van der Waals surface area contributed by atoms with Gasteiger partial charge in [-0.05, 0) is 19.3 Å². The van der Waals surface area contributed by atoms with Crippen LogP contribution in [-0.2, 0) is 6.54 Å². The minimum atomic E-state index is -0.310. The second kappa shape index (κ2) is 3.50. The molecule has 1 aliphatic rings. The van der Waals surface area contributed by atoms with Crippen LogP contribution in [0.2, 0.25) is 0 Å². The molecule has 1 aromatic rings. The Labute approximate surface area is 78.4 Å². The molecule has 1 saturated carbocycles. The molecular weight excluding hydrogens is 164 g/mol. The molecule has 1 aromatic heterocycles. The van der Waals surface area contributed by atoms with Gasteiger partial charge in [-0.3, -0.25) is 0 Å². The van der Waals surface area contributed by atoms with Crippen molar-refractivity contribution in [2.24, 2.45) is 5.92 Å². The zero-order valence-electron chi connectivity index (χ0n) is 7.98. The van der Waals surface area contributed by atoms with Gasteiger partial charge in [0.25, 0.3) is 0 Å². The highest BCUT2D eigenvalue weighted by atomic mass is 16.3. The van der Waals surface area contributed by atoms with Gasteiger partial charge in [-0.1, -0.05) is 12.8 Å². The lowest BCUT2D eigenvalue weighted by Gasteiger charge is -2.11. The molecule has 3 nitrogen and oxygen atoms in total. The summed E-state index contributed by atoms with van der Waals surface area (Å²) >= 11 is 0. The zero-order chi connectivity index (χ0) is 9.26. The lowest BCUT2D eigenvalue weighted by atomic mass is 10.1. The van der Waals surface area contributed by atoms with Crippen LogP contribution in [0.3, 0.4) is 0 Å². The van der Waals surface area contributed by atoms with Gasteiger partial charge in [0.05, 0.1) is 24.3 Å². The summed E-state index contributed by atoms with van der Waals surface area (Å²) in [5.41, 5.74) is 0.967. The number of imidazole rings is 1. The summed E-state index contributed by atoms with van der Waals surface area (Å²) in [5.74, 6) is 0.759. The molecule has 1 atom stereocenters. The number of hydrogen-bond acceptors (Lipinski definition) is 2. The van der Waals surface area contributed by atoms with E-state index in [1.165, 1.54) is 12.8 Å². The molecule has 1 heterocycles. The molecular formula is C10H16N2O. The van der Waals surface area contributed by atoms with Gasteiger partial charge < -0.3 is 9.67 Å². The van der Waals surface area contributed by atoms with Gasteiger partial charge in [0.2, 0.25) is 0 Å². The molecule has 0 radical (unpaired) electrons. The Balaban J connectivity index is 2.04. The van der Waals surface area contributed by atoms with Gasteiger partial charge in [0, 0.05) is 6.54 Å². The third-order valence-corrected chi connectivity index (χ3v) is 2.68. The van der Waals surface area contributed by atoms with Crippen molar-refractivity contribution in [1.29, 1.82) is 0 Å². The topological polar surface area (TPSA) is 38.0 Å². The molecule has 0 aliphatic heterocycles. The normalized spacial score (nSPS) is 18.9. The van der Waals surface area contributed by atoms with Crippen LogP contribution in [0.5, 0.6) is 0 Å². The van der Waals surface area contributed by atoms with Crippen LogP contribution in [0, 0.1) is 5.92 Å². The van der Waals surface area contributed by atoms with Crippen molar-refractivity contribution in [3.8, 4) is 0 Å². The Kier molecular flexibility index (Phi) is 2.36. The van der Waals surface area contributed by atoms with E-state index < -0.39 is 0 Å². The number of aliphatic hydroxyl groups is 1. The minimum Gasteiger partial charge on any atom is -0.387 e. The van der Waals surface area contributed by atoms with Gasteiger partial charge in [-0.2, -0.15) is 0 Å². The van der Waals surface area contributed by atoms with E-state index in [1.807, 2.05) is 4.57 Å². The summed E-state index contributed by atoms with van der Waals surface area (Å²) < 4.78 is 2.01. The van der Waals surface area contributed by atoms with E-state index in [-0.39, 0.29) is 6.10 Å². The molecule has 72 valence electrons. The molecule has 13 heavy (non-hydrogen) atoms. The monoisotopic (exact) mass is 180 g/mol. The quantitative estimate of drug-likeness (QED) is 0.766. The maximum Gasteiger partial charge on any atom is 0.0958 e. The van der Waals surface area contributed by atoms with Crippen LogP contribution < -0.4 is 0 Å². The van der Waals surface area contributed by atoms with Crippen LogP contribution in [0.4, 0.5) is 0 Å². The van der Waals surface area contributed by atoms with E-state index in [1.54, 1.807) is 12.5 Å². The highest BCUT2D eigenvalue weighted by molar-refractivity contribution is 5.03. The van der Waals surface area contributed by atoms with E-state index in [4.69, 9.17) is 0 Å². The second-order valence-corrected chi connectivity index (χ2v) is 3.80. The Hall–Kier alpha value is -0.830. The minimum absolute atomic E-state index is 0.310. The van der Waals surface area contributed by atoms with Crippen molar-refractivity contribution in [3.63, 3.8) is 0 Å². The fraction of sp³-hybridized carbons (Fsp3) is 0.700. The molecule has 1 fully saturated rings. The predicted octanol–water partition coefficient (Wildman–Crippen LogP) is 1.74. The van der Waals surface area contributed by atoms with E-state index in [0.717, 1.165) is 24.6 Å². The van der Waals surface area contributed by atoms with Gasteiger partial charge in [-0.25, -0.2) is 4.98 Å². The standard InChI is InChI=1S/C10H16N2O/c1-2-12-7-11-6-9(12)10(13)5-8-3-4-8/h6-8,10,13H,2-5H2,1H3. The third-order valence-electron chi connectivity index (χ3n) is 2.68. The molecule has 1 unspecified atom stereocenters. The van der Waals surface area contributed by atoms with Crippen molar-refractivity contribution in [2.45, 2.75) is 38.8 Å². The number of aromatic nitrogens is 2. The number of aliphatic hydroxyl groups excluding tert-OH is 1. The third kappa shape index (κ3) is 1.91. The summed E-state index contributed by atoms with van der Waals surface area (Å²) in [7, 11) is 0. The smallest absolute Gasteiger partial charge is 0.0958 e. The van der Waals surface area contributed by atoms with E-state index in [0.29, 0.717) is 0 Å². The van der Waals surface area contributed by atoms with Crippen LogP contribution in [0.15, 0.2) is 12.5 Å². The maximum atomic E-state index is 9.87.